The molecule has 1 aliphatic carbocycles. The van der Waals surface area contributed by atoms with Crippen molar-refractivity contribution in [1.29, 1.82) is 0 Å². The maximum Gasteiger partial charge on any atom is 0.138 e. The summed E-state index contributed by atoms with van der Waals surface area (Å²) in [5.74, 6) is 1.12. The highest BCUT2D eigenvalue weighted by molar-refractivity contribution is 5.80. The van der Waals surface area contributed by atoms with Gasteiger partial charge in [0.2, 0.25) is 0 Å². The molecule has 2 fully saturated rings. The van der Waals surface area contributed by atoms with E-state index in [1.165, 1.54) is 0 Å². The lowest BCUT2D eigenvalue weighted by Gasteiger charge is -2.53. The quantitative estimate of drug-likeness (QED) is 0.595. The van der Waals surface area contributed by atoms with Crippen LogP contribution >= 0.6 is 0 Å². The third-order valence-corrected chi connectivity index (χ3v) is 3.77. The minimum Gasteiger partial charge on any atom is -0.374 e. The molecule has 0 aromatic carbocycles. The van der Waals surface area contributed by atoms with Crippen molar-refractivity contribution in [2.75, 3.05) is 6.61 Å². The second kappa shape index (κ2) is 3.06. The van der Waals surface area contributed by atoms with Crippen LogP contribution in [0.2, 0.25) is 0 Å². The highest BCUT2D eigenvalue weighted by Crippen LogP contribution is 2.52. The highest BCUT2D eigenvalue weighted by Gasteiger charge is 2.51. The second-order valence-electron chi connectivity index (χ2n) is 5.97. The van der Waals surface area contributed by atoms with Crippen LogP contribution in [0.15, 0.2) is 0 Å². The van der Waals surface area contributed by atoms with E-state index < -0.39 is 0 Å². The van der Waals surface area contributed by atoms with Crippen LogP contribution in [0.1, 0.15) is 46.5 Å². The molecule has 1 aliphatic heterocycles. The Labute approximate surface area is 86.0 Å². The zero-order chi connectivity index (χ0) is 10.4. The molecule has 1 saturated heterocycles. The Kier molecular flexibility index (Phi) is 2.22. The average Bonchev–Trinajstić information content (AvgIpc) is 1.98. The summed E-state index contributed by atoms with van der Waals surface area (Å²) in [6, 6.07) is 0. The molecule has 1 heterocycles. The van der Waals surface area contributed by atoms with Gasteiger partial charge in [0.15, 0.2) is 0 Å². The van der Waals surface area contributed by atoms with E-state index >= 15 is 0 Å². The zero-order valence-electron chi connectivity index (χ0n) is 9.43. The number of ether oxygens (including phenoxy) is 1. The van der Waals surface area contributed by atoms with Crippen molar-refractivity contribution in [2.45, 2.75) is 52.1 Å². The SMILES string of the molecule is CC(C)(C)C1CC2(CC(=O)CCO2)C1. The van der Waals surface area contributed by atoms with E-state index in [4.69, 9.17) is 4.74 Å². The summed E-state index contributed by atoms with van der Waals surface area (Å²) in [7, 11) is 0. The summed E-state index contributed by atoms with van der Waals surface area (Å²) in [4.78, 5) is 11.3. The summed E-state index contributed by atoms with van der Waals surface area (Å²) in [6.07, 6.45) is 3.46. The van der Waals surface area contributed by atoms with E-state index in [9.17, 15) is 4.79 Å². The first-order valence-electron chi connectivity index (χ1n) is 5.57. The predicted molar refractivity (Wildman–Crippen MR) is 55.1 cm³/mol. The smallest absolute Gasteiger partial charge is 0.138 e. The van der Waals surface area contributed by atoms with Crippen LogP contribution in [0.3, 0.4) is 0 Å². The normalized spacial score (nSPS) is 38.5. The Bertz CT molecular complexity index is 244. The number of ketones is 1. The summed E-state index contributed by atoms with van der Waals surface area (Å²) < 4.78 is 5.78. The number of Topliss-reactive ketones (excluding diaryl/α,β-unsaturated/α-hetero) is 1. The average molecular weight is 196 g/mol. The van der Waals surface area contributed by atoms with Gasteiger partial charge in [0.05, 0.1) is 12.2 Å². The van der Waals surface area contributed by atoms with Gasteiger partial charge in [-0.2, -0.15) is 0 Å². The van der Waals surface area contributed by atoms with Crippen molar-refractivity contribution in [3.8, 4) is 0 Å². The van der Waals surface area contributed by atoms with E-state index in [1.54, 1.807) is 0 Å². The lowest BCUT2D eigenvalue weighted by atomic mass is 9.58. The predicted octanol–water partition coefficient (Wildman–Crippen LogP) is 2.56. The van der Waals surface area contributed by atoms with Crippen molar-refractivity contribution in [3.05, 3.63) is 0 Å². The van der Waals surface area contributed by atoms with E-state index in [0.29, 0.717) is 30.6 Å². The molecule has 1 saturated carbocycles. The van der Waals surface area contributed by atoms with E-state index in [-0.39, 0.29) is 5.60 Å². The molecule has 0 bridgehead atoms. The molecule has 14 heavy (non-hydrogen) atoms. The van der Waals surface area contributed by atoms with Crippen molar-refractivity contribution < 1.29 is 9.53 Å². The van der Waals surface area contributed by atoms with Gasteiger partial charge in [-0.1, -0.05) is 20.8 Å². The topological polar surface area (TPSA) is 26.3 Å². The van der Waals surface area contributed by atoms with E-state index in [0.717, 1.165) is 18.8 Å². The Morgan fingerprint density at radius 1 is 1.36 bits per heavy atom. The molecule has 0 aromatic heterocycles. The maximum atomic E-state index is 11.3. The molecule has 2 nitrogen and oxygen atoms in total. The summed E-state index contributed by atoms with van der Waals surface area (Å²) in [6.45, 7) is 7.47. The first kappa shape index (κ1) is 10.2. The van der Waals surface area contributed by atoms with Crippen LogP contribution < -0.4 is 0 Å². The van der Waals surface area contributed by atoms with Crippen molar-refractivity contribution in [1.82, 2.24) is 0 Å². The van der Waals surface area contributed by atoms with E-state index in [2.05, 4.69) is 20.8 Å². The lowest BCUT2D eigenvalue weighted by Crippen LogP contribution is -2.53. The van der Waals surface area contributed by atoms with E-state index in [1.807, 2.05) is 0 Å². The first-order chi connectivity index (χ1) is 6.41. The molecule has 2 rings (SSSR count). The number of hydrogen-bond acceptors (Lipinski definition) is 2. The van der Waals surface area contributed by atoms with Gasteiger partial charge >= 0.3 is 0 Å². The molecule has 80 valence electrons. The van der Waals surface area contributed by atoms with Crippen LogP contribution in [-0.4, -0.2) is 18.0 Å². The monoisotopic (exact) mass is 196 g/mol. The van der Waals surface area contributed by atoms with Crippen molar-refractivity contribution >= 4 is 5.78 Å². The number of carbonyl (C=O) groups excluding carboxylic acids is 1. The van der Waals surface area contributed by atoms with Crippen LogP contribution in [0.25, 0.3) is 0 Å². The van der Waals surface area contributed by atoms with Crippen LogP contribution in [0, 0.1) is 11.3 Å². The standard InChI is InChI=1S/C12H20O2/c1-11(2,3)9-6-12(7-9)8-10(13)4-5-14-12/h9H,4-8H2,1-3H3. The maximum absolute atomic E-state index is 11.3. The molecule has 0 N–H and O–H groups in total. The van der Waals surface area contributed by atoms with Gasteiger partial charge in [0.1, 0.15) is 5.78 Å². The molecule has 2 heteroatoms. The fourth-order valence-corrected chi connectivity index (χ4v) is 2.59. The molecular formula is C12H20O2. The molecule has 0 unspecified atom stereocenters. The fraction of sp³-hybridized carbons (Fsp3) is 0.917. The molecule has 0 amide bonds. The van der Waals surface area contributed by atoms with Gasteiger partial charge in [0, 0.05) is 12.8 Å². The Morgan fingerprint density at radius 2 is 2.00 bits per heavy atom. The van der Waals surface area contributed by atoms with Crippen molar-refractivity contribution in [2.24, 2.45) is 11.3 Å². The Hall–Kier alpha value is -0.370. The third kappa shape index (κ3) is 1.72. The summed E-state index contributed by atoms with van der Waals surface area (Å²) in [5, 5.41) is 0. The fourth-order valence-electron chi connectivity index (χ4n) is 2.59. The molecule has 2 aliphatic rings. The molecular weight excluding hydrogens is 176 g/mol. The highest BCUT2D eigenvalue weighted by atomic mass is 16.5. The minimum absolute atomic E-state index is 0.0483. The third-order valence-electron chi connectivity index (χ3n) is 3.77. The van der Waals surface area contributed by atoms with Gasteiger partial charge in [0.25, 0.3) is 0 Å². The summed E-state index contributed by atoms with van der Waals surface area (Å²) >= 11 is 0. The van der Waals surface area contributed by atoms with Gasteiger partial charge in [-0.3, -0.25) is 4.79 Å². The summed E-state index contributed by atoms with van der Waals surface area (Å²) in [5.41, 5.74) is 0.322. The molecule has 0 radical (unpaired) electrons. The van der Waals surface area contributed by atoms with Gasteiger partial charge < -0.3 is 4.74 Å². The molecule has 0 aromatic rings. The Balaban J connectivity index is 1.94. The van der Waals surface area contributed by atoms with Gasteiger partial charge in [-0.15, -0.1) is 0 Å². The lowest BCUT2D eigenvalue weighted by molar-refractivity contribution is -0.178. The van der Waals surface area contributed by atoms with Gasteiger partial charge in [-0.25, -0.2) is 0 Å². The zero-order valence-corrected chi connectivity index (χ0v) is 9.43. The first-order valence-corrected chi connectivity index (χ1v) is 5.57. The number of rotatable bonds is 0. The number of carbonyl (C=O) groups is 1. The van der Waals surface area contributed by atoms with Crippen LogP contribution in [0.5, 0.6) is 0 Å². The van der Waals surface area contributed by atoms with Crippen LogP contribution in [-0.2, 0) is 9.53 Å². The molecule has 0 atom stereocenters. The number of hydrogen-bond donors (Lipinski definition) is 0. The largest absolute Gasteiger partial charge is 0.374 e. The minimum atomic E-state index is -0.0483. The van der Waals surface area contributed by atoms with Crippen LogP contribution in [0.4, 0.5) is 0 Å². The Morgan fingerprint density at radius 3 is 2.50 bits per heavy atom. The second-order valence-corrected chi connectivity index (χ2v) is 5.97. The molecule has 1 spiro atoms. The van der Waals surface area contributed by atoms with Crippen molar-refractivity contribution in [3.63, 3.8) is 0 Å². The van der Waals surface area contributed by atoms with Gasteiger partial charge in [-0.05, 0) is 24.2 Å².